The van der Waals surface area contributed by atoms with Crippen LogP contribution in [-0.4, -0.2) is 39.9 Å². The zero-order valence-electron chi connectivity index (χ0n) is 9.11. The highest BCUT2D eigenvalue weighted by Crippen LogP contribution is 2.21. The van der Waals surface area contributed by atoms with E-state index in [0.29, 0.717) is 11.6 Å². The number of anilines is 1. The number of aromatic nitrogens is 4. The van der Waals surface area contributed by atoms with Gasteiger partial charge in [-0.2, -0.15) is 15.1 Å². The number of aromatic amines is 1. The second-order valence-electron chi connectivity index (χ2n) is 4.08. The van der Waals surface area contributed by atoms with E-state index in [4.69, 9.17) is 16.3 Å². The Morgan fingerprint density at radius 1 is 1.53 bits per heavy atom. The molecule has 0 spiro atoms. The molecule has 3 heterocycles. The number of H-pyrrole nitrogens is 1. The normalized spacial score (nSPS) is 19.9. The third-order valence-corrected chi connectivity index (χ3v) is 3.03. The van der Waals surface area contributed by atoms with E-state index in [0.717, 1.165) is 37.4 Å². The molecule has 3 rings (SSSR count). The van der Waals surface area contributed by atoms with E-state index < -0.39 is 0 Å². The van der Waals surface area contributed by atoms with Crippen LogP contribution in [0.25, 0.3) is 11.0 Å². The number of nitrogens with zero attached hydrogens (tertiary/aromatic N) is 3. The predicted octanol–water partition coefficient (Wildman–Crippen LogP) is 1.45. The summed E-state index contributed by atoms with van der Waals surface area (Å²) in [5.74, 6) is 1.26. The Balaban J connectivity index is 1.81. The molecular weight excluding hydrogens is 242 g/mol. The highest BCUT2D eigenvalue weighted by atomic mass is 35.5. The molecule has 0 aromatic carbocycles. The molecule has 2 aromatic heterocycles. The minimum absolute atomic E-state index is 0.215. The van der Waals surface area contributed by atoms with E-state index in [1.807, 2.05) is 0 Å². The third-order valence-electron chi connectivity index (χ3n) is 2.86. The number of fused-ring (bicyclic) bond motifs is 1. The summed E-state index contributed by atoms with van der Waals surface area (Å²) in [6.45, 7) is 2.48. The Hall–Kier alpha value is -1.40. The van der Waals surface area contributed by atoms with Gasteiger partial charge in [0, 0.05) is 19.1 Å². The molecule has 90 valence electrons. The molecule has 1 atom stereocenters. The van der Waals surface area contributed by atoms with E-state index in [1.165, 1.54) is 0 Å². The summed E-state index contributed by atoms with van der Waals surface area (Å²) in [6, 6.07) is 0. The average Bonchev–Trinajstić information content (AvgIpc) is 2.95. The van der Waals surface area contributed by atoms with E-state index >= 15 is 0 Å². The largest absolute Gasteiger partial charge is 0.381 e. The van der Waals surface area contributed by atoms with Gasteiger partial charge in [-0.3, -0.25) is 5.10 Å². The van der Waals surface area contributed by atoms with Crippen LogP contribution in [0.3, 0.4) is 0 Å². The monoisotopic (exact) mass is 253 g/mol. The fraction of sp³-hybridized carbons (Fsp3) is 0.500. The predicted molar refractivity (Wildman–Crippen MR) is 64.1 cm³/mol. The number of halogens is 1. The molecule has 7 heteroatoms. The molecule has 1 aliphatic heterocycles. The van der Waals surface area contributed by atoms with Gasteiger partial charge in [-0.15, -0.1) is 0 Å². The van der Waals surface area contributed by atoms with Crippen molar-refractivity contribution >= 4 is 28.5 Å². The quantitative estimate of drug-likeness (QED) is 0.810. The highest BCUT2D eigenvalue weighted by Gasteiger charge is 2.16. The second-order valence-corrected chi connectivity index (χ2v) is 4.42. The molecule has 0 bridgehead atoms. The molecular formula is C10H12ClN5O. The summed E-state index contributed by atoms with van der Waals surface area (Å²) in [6.07, 6.45) is 2.78. The van der Waals surface area contributed by atoms with Crippen LogP contribution < -0.4 is 5.32 Å². The van der Waals surface area contributed by atoms with Gasteiger partial charge in [-0.25, -0.2) is 0 Å². The van der Waals surface area contributed by atoms with Crippen molar-refractivity contribution in [1.82, 2.24) is 20.2 Å². The third kappa shape index (κ3) is 2.18. The lowest BCUT2D eigenvalue weighted by atomic mass is 10.1. The highest BCUT2D eigenvalue weighted by molar-refractivity contribution is 6.28. The number of hydrogen-bond acceptors (Lipinski definition) is 5. The van der Waals surface area contributed by atoms with Gasteiger partial charge < -0.3 is 10.1 Å². The summed E-state index contributed by atoms with van der Waals surface area (Å²) in [5, 5.41) is 11.1. The maximum atomic E-state index is 5.84. The lowest BCUT2D eigenvalue weighted by molar-refractivity contribution is 0.187. The maximum absolute atomic E-state index is 5.84. The first-order valence-electron chi connectivity index (χ1n) is 5.51. The van der Waals surface area contributed by atoms with Crippen molar-refractivity contribution in [3.05, 3.63) is 11.5 Å². The lowest BCUT2D eigenvalue weighted by Gasteiger charge is -2.10. The van der Waals surface area contributed by atoms with Crippen LogP contribution >= 0.6 is 11.6 Å². The van der Waals surface area contributed by atoms with Crippen LogP contribution in [0, 0.1) is 5.92 Å². The van der Waals surface area contributed by atoms with Gasteiger partial charge in [0.15, 0.2) is 5.65 Å². The van der Waals surface area contributed by atoms with Crippen molar-refractivity contribution in [3.8, 4) is 0 Å². The number of rotatable bonds is 3. The smallest absolute Gasteiger partial charge is 0.226 e. The average molecular weight is 254 g/mol. The standard InChI is InChI=1S/C10H12ClN5O/c11-10-14-8(7-4-13-16-9(7)15-10)12-3-6-1-2-17-5-6/h4,6H,1-3,5H2,(H2,12,13,14,15,16). The van der Waals surface area contributed by atoms with Crippen molar-refractivity contribution in [2.45, 2.75) is 6.42 Å². The van der Waals surface area contributed by atoms with Gasteiger partial charge >= 0.3 is 0 Å². The number of ether oxygens (including phenoxy) is 1. The Bertz CT molecular complexity index is 522. The lowest BCUT2D eigenvalue weighted by Crippen LogP contribution is -2.15. The minimum atomic E-state index is 0.215. The minimum Gasteiger partial charge on any atom is -0.381 e. The Kier molecular flexibility index (Phi) is 2.82. The van der Waals surface area contributed by atoms with Crippen molar-refractivity contribution in [1.29, 1.82) is 0 Å². The van der Waals surface area contributed by atoms with Crippen LogP contribution in [0.1, 0.15) is 6.42 Å². The van der Waals surface area contributed by atoms with Crippen molar-refractivity contribution in [2.75, 3.05) is 25.1 Å². The van der Waals surface area contributed by atoms with Crippen LogP contribution in [0.4, 0.5) is 5.82 Å². The summed E-state index contributed by atoms with van der Waals surface area (Å²) >= 11 is 5.84. The molecule has 1 unspecified atom stereocenters. The van der Waals surface area contributed by atoms with Crippen molar-refractivity contribution in [3.63, 3.8) is 0 Å². The van der Waals surface area contributed by atoms with E-state index in [1.54, 1.807) is 6.20 Å². The Labute approximate surface area is 103 Å². The first-order valence-corrected chi connectivity index (χ1v) is 5.89. The first-order chi connectivity index (χ1) is 8.33. The Morgan fingerprint density at radius 3 is 3.29 bits per heavy atom. The molecule has 1 aliphatic rings. The molecule has 2 N–H and O–H groups in total. The maximum Gasteiger partial charge on any atom is 0.226 e. The summed E-state index contributed by atoms with van der Waals surface area (Å²) < 4.78 is 5.32. The fourth-order valence-corrected chi connectivity index (χ4v) is 2.10. The van der Waals surface area contributed by atoms with Gasteiger partial charge in [0.2, 0.25) is 5.28 Å². The van der Waals surface area contributed by atoms with Gasteiger partial charge in [0.05, 0.1) is 18.2 Å². The SMILES string of the molecule is Clc1nc(NCC2CCOC2)c2cn[nH]c2n1. The molecule has 6 nitrogen and oxygen atoms in total. The topological polar surface area (TPSA) is 75.7 Å². The molecule has 1 saturated heterocycles. The van der Waals surface area contributed by atoms with Crippen molar-refractivity contribution in [2.24, 2.45) is 5.92 Å². The fourth-order valence-electron chi connectivity index (χ4n) is 1.93. The van der Waals surface area contributed by atoms with Crippen LogP contribution in [0.2, 0.25) is 5.28 Å². The second kappa shape index (κ2) is 4.46. The molecule has 0 saturated carbocycles. The summed E-state index contributed by atoms with van der Waals surface area (Å²) in [7, 11) is 0. The van der Waals surface area contributed by atoms with Crippen LogP contribution in [0.15, 0.2) is 6.20 Å². The first kappa shape index (κ1) is 10.7. The van der Waals surface area contributed by atoms with Crippen LogP contribution in [0.5, 0.6) is 0 Å². The van der Waals surface area contributed by atoms with E-state index in [-0.39, 0.29) is 5.28 Å². The molecule has 17 heavy (non-hydrogen) atoms. The Morgan fingerprint density at radius 2 is 2.47 bits per heavy atom. The summed E-state index contributed by atoms with van der Waals surface area (Å²) in [5.41, 5.74) is 0.648. The number of hydrogen-bond donors (Lipinski definition) is 2. The van der Waals surface area contributed by atoms with E-state index in [9.17, 15) is 0 Å². The molecule has 2 aromatic rings. The molecule has 0 aliphatic carbocycles. The summed E-state index contributed by atoms with van der Waals surface area (Å²) in [4.78, 5) is 8.22. The molecule has 0 amide bonds. The van der Waals surface area contributed by atoms with Gasteiger partial charge in [0.1, 0.15) is 5.82 Å². The molecule has 0 radical (unpaired) electrons. The van der Waals surface area contributed by atoms with E-state index in [2.05, 4.69) is 25.5 Å². The zero-order valence-corrected chi connectivity index (χ0v) is 9.87. The van der Waals surface area contributed by atoms with Gasteiger partial charge in [0.25, 0.3) is 0 Å². The molecule has 1 fully saturated rings. The van der Waals surface area contributed by atoms with Gasteiger partial charge in [-0.05, 0) is 18.0 Å². The van der Waals surface area contributed by atoms with Gasteiger partial charge in [-0.1, -0.05) is 0 Å². The number of nitrogens with one attached hydrogen (secondary N) is 2. The van der Waals surface area contributed by atoms with Crippen LogP contribution in [-0.2, 0) is 4.74 Å². The van der Waals surface area contributed by atoms with Crippen molar-refractivity contribution < 1.29 is 4.74 Å². The zero-order chi connectivity index (χ0) is 11.7.